The molecule has 0 aromatic heterocycles. The number of nitrogens with zero attached hydrogens (tertiary/aromatic N) is 1. The fourth-order valence-corrected chi connectivity index (χ4v) is 3.26. The number of rotatable bonds is 8. The van der Waals surface area contributed by atoms with Crippen molar-refractivity contribution in [2.75, 3.05) is 14.2 Å². The van der Waals surface area contributed by atoms with Crippen LogP contribution < -0.4 is 9.47 Å². The quantitative estimate of drug-likeness (QED) is 0.300. The van der Waals surface area contributed by atoms with Gasteiger partial charge in [-0.15, -0.1) is 0 Å². The predicted molar refractivity (Wildman–Crippen MR) is 115 cm³/mol. The summed E-state index contributed by atoms with van der Waals surface area (Å²) >= 11 is 0. The maximum atomic E-state index is 13.2. The van der Waals surface area contributed by atoms with Crippen LogP contribution in [0.2, 0.25) is 0 Å². The maximum Gasteiger partial charge on any atom is 0.280 e. The molecular weight excluding hydrogens is 382 g/mol. The third kappa shape index (κ3) is 4.55. The van der Waals surface area contributed by atoms with Crippen LogP contribution in [-0.4, -0.2) is 24.9 Å². The SMILES string of the molecule is COc1cc(/C=C/C(=O)C(c2ccccc2)c2ccccc2)c([N+](=O)[O-])cc1OC. The zero-order valence-corrected chi connectivity index (χ0v) is 16.6. The van der Waals surface area contributed by atoms with Crippen LogP contribution in [0.4, 0.5) is 5.69 Å². The number of benzene rings is 3. The Morgan fingerprint density at radius 3 is 1.87 bits per heavy atom. The third-order valence-electron chi connectivity index (χ3n) is 4.71. The first-order valence-corrected chi connectivity index (χ1v) is 9.27. The lowest BCUT2D eigenvalue weighted by molar-refractivity contribution is -0.385. The van der Waals surface area contributed by atoms with E-state index in [9.17, 15) is 14.9 Å². The van der Waals surface area contributed by atoms with E-state index in [0.29, 0.717) is 5.75 Å². The van der Waals surface area contributed by atoms with Crippen LogP contribution in [0.25, 0.3) is 6.08 Å². The molecule has 3 aromatic carbocycles. The Morgan fingerprint density at radius 2 is 1.40 bits per heavy atom. The van der Waals surface area contributed by atoms with Crippen LogP contribution in [0, 0.1) is 10.1 Å². The molecule has 0 amide bonds. The molecule has 30 heavy (non-hydrogen) atoms. The van der Waals surface area contributed by atoms with Gasteiger partial charge in [0.15, 0.2) is 17.3 Å². The Kier molecular flexibility index (Phi) is 6.60. The number of methoxy groups -OCH3 is 2. The molecule has 6 heteroatoms. The number of ketones is 1. The van der Waals surface area contributed by atoms with Crippen LogP contribution in [0.15, 0.2) is 78.9 Å². The Balaban J connectivity index is 2.01. The number of carbonyl (C=O) groups excluding carboxylic acids is 1. The molecule has 0 saturated carbocycles. The van der Waals surface area contributed by atoms with Crippen molar-refractivity contribution >= 4 is 17.5 Å². The summed E-state index contributed by atoms with van der Waals surface area (Å²) in [5.41, 5.74) is 1.78. The number of carbonyl (C=O) groups is 1. The number of allylic oxidation sites excluding steroid dienone is 1. The topological polar surface area (TPSA) is 78.7 Å². The smallest absolute Gasteiger partial charge is 0.280 e. The number of nitro groups is 1. The lowest BCUT2D eigenvalue weighted by atomic mass is 9.87. The van der Waals surface area contributed by atoms with E-state index in [4.69, 9.17) is 9.47 Å². The molecule has 0 aliphatic carbocycles. The summed E-state index contributed by atoms with van der Waals surface area (Å²) in [6.45, 7) is 0. The average Bonchev–Trinajstić information content (AvgIpc) is 2.78. The van der Waals surface area contributed by atoms with E-state index >= 15 is 0 Å². The summed E-state index contributed by atoms with van der Waals surface area (Å²) in [7, 11) is 2.86. The minimum absolute atomic E-state index is 0.173. The zero-order chi connectivity index (χ0) is 21.5. The first-order valence-electron chi connectivity index (χ1n) is 9.27. The van der Waals surface area contributed by atoms with Crippen LogP contribution >= 0.6 is 0 Å². The highest BCUT2D eigenvalue weighted by molar-refractivity contribution is 6.01. The molecule has 0 saturated heterocycles. The van der Waals surface area contributed by atoms with Crippen molar-refractivity contribution in [1.29, 1.82) is 0 Å². The summed E-state index contributed by atoms with van der Waals surface area (Å²) in [5, 5.41) is 11.5. The minimum Gasteiger partial charge on any atom is -0.493 e. The molecule has 0 aliphatic rings. The van der Waals surface area contributed by atoms with Gasteiger partial charge in [-0.3, -0.25) is 14.9 Å². The second kappa shape index (κ2) is 9.52. The van der Waals surface area contributed by atoms with Gasteiger partial charge in [-0.2, -0.15) is 0 Å². The van der Waals surface area contributed by atoms with Gasteiger partial charge in [0.1, 0.15) is 0 Å². The standard InChI is InChI=1S/C24H21NO5/c1-29-22-15-19(20(25(27)28)16-23(22)30-2)13-14-21(26)24(17-9-5-3-6-10-17)18-11-7-4-8-12-18/h3-16,24H,1-2H3/b14-13+. The van der Waals surface area contributed by atoms with E-state index in [1.807, 2.05) is 60.7 Å². The number of hydrogen-bond acceptors (Lipinski definition) is 5. The second-order valence-corrected chi connectivity index (χ2v) is 6.51. The molecule has 0 radical (unpaired) electrons. The van der Waals surface area contributed by atoms with Gasteiger partial charge in [-0.05, 0) is 29.3 Å². The average molecular weight is 403 g/mol. The van der Waals surface area contributed by atoms with Gasteiger partial charge in [0.05, 0.1) is 36.7 Å². The lowest BCUT2D eigenvalue weighted by Crippen LogP contribution is -2.11. The Labute approximate surface area is 174 Å². The van der Waals surface area contributed by atoms with Crippen LogP contribution in [0.5, 0.6) is 11.5 Å². The fraction of sp³-hybridized carbons (Fsp3) is 0.125. The predicted octanol–water partition coefficient (Wildman–Crippen LogP) is 5.03. The maximum absolute atomic E-state index is 13.2. The molecule has 0 spiro atoms. The number of ether oxygens (including phenoxy) is 2. The molecule has 3 rings (SSSR count). The van der Waals surface area contributed by atoms with Crippen LogP contribution in [0.3, 0.4) is 0 Å². The molecule has 152 valence electrons. The van der Waals surface area contributed by atoms with Gasteiger partial charge in [-0.1, -0.05) is 60.7 Å². The summed E-state index contributed by atoms with van der Waals surface area (Å²) < 4.78 is 10.4. The first-order chi connectivity index (χ1) is 14.5. The third-order valence-corrected chi connectivity index (χ3v) is 4.71. The van der Waals surface area contributed by atoms with E-state index in [1.54, 1.807) is 0 Å². The van der Waals surface area contributed by atoms with E-state index in [0.717, 1.165) is 11.1 Å². The molecular formula is C24H21NO5. The van der Waals surface area contributed by atoms with E-state index in [2.05, 4.69) is 0 Å². The van der Waals surface area contributed by atoms with Crippen molar-refractivity contribution in [1.82, 2.24) is 0 Å². The van der Waals surface area contributed by atoms with Crippen molar-refractivity contribution in [2.24, 2.45) is 0 Å². The lowest BCUT2D eigenvalue weighted by Gasteiger charge is -2.15. The molecule has 6 nitrogen and oxygen atoms in total. The van der Waals surface area contributed by atoms with Gasteiger partial charge in [-0.25, -0.2) is 0 Å². The van der Waals surface area contributed by atoms with E-state index < -0.39 is 10.8 Å². The van der Waals surface area contributed by atoms with Crippen LogP contribution in [-0.2, 0) is 4.79 Å². The van der Waals surface area contributed by atoms with Gasteiger partial charge < -0.3 is 9.47 Å². The van der Waals surface area contributed by atoms with Crippen LogP contribution in [0.1, 0.15) is 22.6 Å². The Hall–Kier alpha value is -3.93. The highest BCUT2D eigenvalue weighted by Gasteiger charge is 2.22. The molecule has 0 aliphatic heterocycles. The molecule has 0 unspecified atom stereocenters. The molecule has 3 aromatic rings. The number of nitro benzene ring substituents is 1. The molecule has 0 bridgehead atoms. The van der Waals surface area contributed by atoms with Crippen molar-refractivity contribution in [2.45, 2.75) is 5.92 Å². The minimum atomic E-state index is -0.516. The van der Waals surface area contributed by atoms with Crippen molar-refractivity contribution in [3.05, 3.63) is 106 Å². The normalized spacial score (nSPS) is 10.9. The summed E-state index contributed by atoms with van der Waals surface area (Å²) in [4.78, 5) is 24.1. The highest BCUT2D eigenvalue weighted by Crippen LogP contribution is 2.35. The molecule has 0 heterocycles. The number of hydrogen-bond donors (Lipinski definition) is 0. The summed E-state index contributed by atoms with van der Waals surface area (Å²) in [6.07, 6.45) is 2.82. The van der Waals surface area contributed by atoms with E-state index in [-0.39, 0.29) is 22.8 Å². The highest BCUT2D eigenvalue weighted by atomic mass is 16.6. The first kappa shape index (κ1) is 20.8. The largest absolute Gasteiger partial charge is 0.493 e. The summed E-state index contributed by atoms with van der Waals surface area (Å²) in [6, 6.07) is 21.6. The van der Waals surface area contributed by atoms with E-state index in [1.165, 1.54) is 38.5 Å². The molecule has 0 atom stereocenters. The monoisotopic (exact) mass is 403 g/mol. The Bertz CT molecular complexity index is 1020. The van der Waals surface area contributed by atoms with Crippen molar-refractivity contribution in [3.63, 3.8) is 0 Å². The van der Waals surface area contributed by atoms with Gasteiger partial charge in [0, 0.05) is 0 Å². The second-order valence-electron chi connectivity index (χ2n) is 6.51. The van der Waals surface area contributed by atoms with Gasteiger partial charge in [0.2, 0.25) is 0 Å². The summed E-state index contributed by atoms with van der Waals surface area (Å²) in [5.74, 6) is -0.101. The zero-order valence-electron chi connectivity index (χ0n) is 16.6. The Morgan fingerprint density at radius 1 is 0.900 bits per heavy atom. The van der Waals surface area contributed by atoms with Gasteiger partial charge in [0.25, 0.3) is 5.69 Å². The van der Waals surface area contributed by atoms with Gasteiger partial charge >= 0.3 is 0 Å². The molecule has 0 fully saturated rings. The fourth-order valence-electron chi connectivity index (χ4n) is 3.26. The van der Waals surface area contributed by atoms with Crippen molar-refractivity contribution < 1.29 is 19.2 Å². The molecule has 0 N–H and O–H groups in total. The van der Waals surface area contributed by atoms with Crippen molar-refractivity contribution in [3.8, 4) is 11.5 Å².